The number of aromatic hydroxyl groups is 2. The van der Waals surface area contributed by atoms with Gasteiger partial charge >= 0.3 is 0 Å². The van der Waals surface area contributed by atoms with Gasteiger partial charge < -0.3 is 29.2 Å². The number of fused-ring (bicyclic) bond motifs is 3. The molecular formula is C42H41N5O11S. The van der Waals surface area contributed by atoms with E-state index in [9.17, 15) is 35.2 Å². The third-order valence-electron chi connectivity index (χ3n) is 11.2. The topological polar surface area (TPSA) is 214 Å². The van der Waals surface area contributed by atoms with Crippen LogP contribution < -0.4 is 0 Å². The maximum Gasteiger partial charge on any atom is 0.269 e. The van der Waals surface area contributed by atoms with Gasteiger partial charge in [-0.3, -0.25) is 34.7 Å². The molecule has 0 unspecified atom stereocenters. The number of hydrogen-bond donors (Lipinski definition) is 3. The minimum absolute atomic E-state index is 0.0555. The molecule has 3 N–H and O–H groups in total. The molecule has 16 nitrogen and oxygen atoms in total. The predicted molar refractivity (Wildman–Crippen MR) is 214 cm³/mol. The summed E-state index contributed by atoms with van der Waals surface area (Å²) in [5, 5.41) is 49.0. The summed E-state index contributed by atoms with van der Waals surface area (Å²) in [7, 11) is 0. The Morgan fingerprint density at radius 2 is 1.22 bits per heavy atom. The Morgan fingerprint density at radius 1 is 0.712 bits per heavy atom. The van der Waals surface area contributed by atoms with Crippen LogP contribution in [0.4, 0.5) is 11.4 Å². The van der Waals surface area contributed by atoms with Crippen molar-refractivity contribution in [3.8, 4) is 28.6 Å². The number of nitro benzene ring substituents is 2. The fourth-order valence-corrected chi connectivity index (χ4v) is 8.58. The van der Waals surface area contributed by atoms with Gasteiger partial charge in [0.15, 0.2) is 22.2 Å². The van der Waals surface area contributed by atoms with E-state index in [-0.39, 0.29) is 39.5 Å². The van der Waals surface area contributed by atoms with Crippen molar-refractivity contribution in [1.29, 1.82) is 0 Å². The fourth-order valence-electron chi connectivity index (χ4n) is 8.34. The van der Waals surface area contributed by atoms with Gasteiger partial charge in [0.05, 0.1) is 47.5 Å². The van der Waals surface area contributed by atoms with Crippen molar-refractivity contribution in [3.05, 3.63) is 131 Å². The highest BCUT2D eigenvalue weighted by molar-refractivity contribution is 7.71. The minimum Gasteiger partial charge on any atom is -0.508 e. The Morgan fingerprint density at radius 3 is 1.80 bits per heavy atom. The Labute approximate surface area is 342 Å². The number of ether oxygens (including phenoxy) is 4. The van der Waals surface area contributed by atoms with Crippen LogP contribution in [0.25, 0.3) is 17.1 Å². The molecule has 5 aromatic rings. The molecule has 1 aromatic heterocycles. The molecule has 17 heteroatoms. The van der Waals surface area contributed by atoms with Gasteiger partial charge in [-0.25, -0.2) is 0 Å². The van der Waals surface area contributed by atoms with Crippen LogP contribution in [-0.4, -0.2) is 78.6 Å². The van der Waals surface area contributed by atoms with E-state index >= 15 is 0 Å². The number of non-ortho nitro benzene ring substituents is 2. The molecule has 59 heavy (non-hydrogen) atoms. The largest absolute Gasteiger partial charge is 0.508 e. The standard InChI is InChI=1S/C22H23N3O4S.C11H11NO4.C9H7NO3/c1-12(2)16-8-17(19(27)9-18(16)26)20-23-24-21(30)25(20)15-4-3-13-10-22(11-14(13)7-15)28-5-6-29-22;13-12(14)10-2-1-8-6-11(7-9(8)5-10)15-3-4-16-11;11-9-4-6-1-2-8(10(12)13)3-7(6)5-9/h3-4,7-9,12,26-27H,5-6,10-11H2,1-2H3,(H,24,30);1-2,5H,3-4,6-7H2;1-3H,4-5H2. The number of hydrogen-bond acceptors (Lipinski definition) is 13. The number of nitrogens with one attached hydrogen (secondary N) is 1. The molecule has 0 atom stereocenters. The van der Waals surface area contributed by atoms with Gasteiger partial charge in [-0.05, 0) is 75.3 Å². The molecule has 306 valence electrons. The van der Waals surface area contributed by atoms with Crippen LogP contribution in [0.3, 0.4) is 0 Å². The van der Waals surface area contributed by atoms with Crippen LogP contribution >= 0.6 is 12.2 Å². The average molecular weight is 824 g/mol. The third-order valence-corrected chi connectivity index (χ3v) is 11.4. The molecule has 2 spiro atoms. The van der Waals surface area contributed by atoms with Gasteiger partial charge in [0, 0.05) is 68.9 Å². The first-order valence-corrected chi connectivity index (χ1v) is 19.6. The van der Waals surface area contributed by atoms with Crippen LogP contribution in [0.2, 0.25) is 0 Å². The lowest BCUT2D eigenvalue weighted by molar-refractivity contribution is -0.385. The second-order valence-corrected chi connectivity index (χ2v) is 15.8. The van der Waals surface area contributed by atoms with Crippen molar-refractivity contribution in [2.75, 3.05) is 26.4 Å². The lowest BCUT2D eigenvalue weighted by Gasteiger charge is -2.20. The normalized spacial score (nSPS) is 17.6. The number of phenolic OH excluding ortho intramolecular Hbond substituents is 2. The molecule has 2 fully saturated rings. The second-order valence-electron chi connectivity index (χ2n) is 15.5. The zero-order valence-corrected chi connectivity index (χ0v) is 33.1. The lowest BCUT2D eigenvalue weighted by Crippen LogP contribution is -2.30. The Hall–Kier alpha value is -5.85. The van der Waals surface area contributed by atoms with E-state index in [1.165, 1.54) is 29.8 Å². The number of ketones is 1. The maximum atomic E-state index is 11.0. The van der Waals surface area contributed by atoms with Crippen molar-refractivity contribution >= 4 is 29.4 Å². The number of benzene rings is 4. The van der Waals surface area contributed by atoms with E-state index in [2.05, 4.69) is 22.3 Å². The van der Waals surface area contributed by atoms with Crippen LogP contribution in [0, 0.1) is 25.0 Å². The molecule has 0 radical (unpaired) electrons. The second kappa shape index (κ2) is 15.7. The summed E-state index contributed by atoms with van der Waals surface area (Å²) >= 11 is 5.50. The summed E-state index contributed by atoms with van der Waals surface area (Å²) in [6.07, 6.45) is 3.51. The molecule has 2 saturated heterocycles. The molecule has 0 bridgehead atoms. The van der Waals surface area contributed by atoms with Gasteiger partial charge in [0.1, 0.15) is 17.3 Å². The first kappa shape index (κ1) is 40.0. The highest BCUT2D eigenvalue weighted by atomic mass is 32.1. The van der Waals surface area contributed by atoms with E-state index < -0.39 is 16.5 Å². The zero-order chi connectivity index (χ0) is 41.6. The number of phenols is 2. The smallest absolute Gasteiger partial charge is 0.269 e. The van der Waals surface area contributed by atoms with Crippen LogP contribution in [0.1, 0.15) is 58.7 Å². The molecule has 0 saturated carbocycles. The van der Waals surface area contributed by atoms with Crippen molar-refractivity contribution in [1.82, 2.24) is 14.8 Å². The summed E-state index contributed by atoms with van der Waals surface area (Å²) in [5.41, 5.74) is 8.42. The number of aromatic amines is 1. The van der Waals surface area contributed by atoms with E-state index in [1.807, 2.05) is 19.9 Å². The van der Waals surface area contributed by atoms with Crippen LogP contribution in [-0.2, 0) is 62.3 Å². The third kappa shape index (κ3) is 7.99. The molecule has 2 aliphatic heterocycles. The van der Waals surface area contributed by atoms with E-state index in [0.29, 0.717) is 74.7 Å². The first-order chi connectivity index (χ1) is 28.2. The monoisotopic (exact) mass is 823 g/mol. The summed E-state index contributed by atoms with van der Waals surface area (Å²) in [6, 6.07) is 18.8. The van der Waals surface area contributed by atoms with Crippen LogP contribution in [0.5, 0.6) is 11.5 Å². The first-order valence-electron chi connectivity index (χ1n) is 19.2. The molecule has 10 rings (SSSR count). The van der Waals surface area contributed by atoms with E-state index in [4.69, 9.17) is 31.2 Å². The van der Waals surface area contributed by atoms with Crippen molar-refractivity contribution in [2.45, 2.75) is 69.9 Å². The number of Topliss-reactive ketones (excluding diaryl/α,β-unsaturated/α-hetero) is 1. The molecule has 4 aromatic carbocycles. The highest BCUT2D eigenvalue weighted by Crippen LogP contribution is 2.41. The number of nitrogens with zero attached hydrogens (tertiary/aromatic N) is 4. The summed E-state index contributed by atoms with van der Waals surface area (Å²) < 4.78 is 25.1. The van der Waals surface area contributed by atoms with E-state index in [0.717, 1.165) is 45.5 Å². The highest BCUT2D eigenvalue weighted by Gasteiger charge is 2.44. The van der Waals surface area contributed by atoms with Gasteiger partial charge in [0.2, 0.25) is 0 Å². The fraction of sp³-hybridized carbons (Fsp3) is 0.357. The number of rotatable bonds is 5. The molecule has 3 aliphatic carbocycles. The maximum absolute atomic E-state index is 11.0. The summed E-state index contributed by atoms with van der Waals surface area (Å²) in [6.45, 7) is 6.42. The molecule has 0 amide bonds. The number of H-pyrrole nitrogens is 1. The van der Waals surface area contributed by atoms with Gasteiger partial charge in [0.25, 0.3) is 11.4 Å². The van der Waals surface area contributed by atoms with Crippen molar-refractivity contribution in [3.63, 3.8) is 0 Å². The quantitative estimate of drug-likeness (QED) is 0.0961. The van der Waals surface area contributed by atoms with Gasteiger partial charge in [-0.1, -0.05) is 32.0 Å². The van der Waals surface area contributed by atoms with E-state index in [1.54, 1.807) is 28.8 Å². The van der Waals surface area contributed by atoms with Crippen molar-refractivity contribution in [2.24, 2.45) is 0 Å². The number of carbonyl (C=O) groups excluding carboxylic acids is 1. The number of carbonyl (C=O) groups is 1. The molecular weight excluding hydrogens is 783 g/mol. The lowest BCUT2D eigenvalue weighted by atomic mass is 9.98. The number of nitro groups is 2. The van der Waals surface area contributed by atoms with Crippen molar-refractivity contribution < 1.29 is 43.8 Å². The van der Waals surface area contributed by atoms with Gasteiger partial charge in [-0.15, -0.1) is 0 Å². The Balaban J connectivity index is 0.000000139. The Bertz CT molecular complexity index is 2550. The predicted octanol–water partition coefficient (Wildman–Crippen LogP) is 6.67. The van der Waals surface area contributed by atoms with Crippen LogP contribution in [0.15, 0.2) is 66.7 Å². The summed E-state index contributed by atoms with van der Waals surface area (Å²) in [5.74, 6) is -0.370. The Kier molecular flexibility index (Phi) is 10.6. The minimum atomic E-state index is -0.544. The van der Waals surface area contributed by atoms with Gasteiger partial charge in [-0.2, -0.15) is 5.10 Å². The zero-order valence-electron chi connectivity index (χ0n) is 32.3. The molecule has 5 aliphatic rings. The average Bonchev–Trinajstić information content (AvgIpc) is 4.06. The number of aromatic nitrogens is 3. The summed E-state index contributed by atoms with van der Waals surface area (Å²) in [4.78, 5) is 31.3. The molecule has 3 heterocycles. The SMILES string of the molecule is CC(C)c1cc(-c2n[nH]c(=S)n2-c2ccc3c(c2)CC2(C3)OCCO2)c(O)cc1O.O=C1Cc2ccc([N+](=O)[O-])cc2C1.O=[N+]([O-])c1ccc2c(c1)CC1(C2)OCCO1.